The lowest BCUT2D eigenvalue weighted by Gasteiger charge is -2.04. The van der Waals surface area contributed by atoms with E-state index in [1.165, 1.54) is 16.9 Å². The lowest BCUT2D eigenvalue weighted by atomic mass is 10.1. The molecular formula is C15H18N2OS. The summed E-state index contributed by atoms with van der Waals surface area (Å²) in [4.78, 5) is 17.2. The molecule has 0 radical (unpaired) electrons. The third kappa shape index (κ3) is 3.64. The number of benzene rings is 1. The van der Waals surface area contributed by atoms with Crippen molar-refractivity contribution in [3.63, 3.8) is 0 Å². The van der Waals surface area contributed by atoms with Gasteiger partial charge in [-0.05, 0) is 25.3 Å². The standard InChI is InChI=1S/C15H18N2OS/c1-3-13-17-11(2)14(19-13)15(18)16-10-9-12-7-5-4-6-8-12/h4-8H,3,9-10H2,1-2H3,(H,16,18). The first-order valence-corrected chi connectivity index (χ1v) is 7.30. The summed E-state index contributed by atoms with van der Waals surface area (Å²) in [5.74, 6) is -0.00867. The van der Waals surface area contributed by atoms with Gasteiger partial charge in [-0.3, -0.25) is 4.79 Å². The first-order valence-electron chi connectivity index (χ1n) is 6.49. The van der Waals surface area contributed by atoms with Crippen molar-refractivity contribution in [1.82, 2.24) is 10.3 Å². The molecule has 1 amide bonds. The van der Waals surface area contributed by atoms with Crippen molar-refractivity contribution < 1.29 is 4.79 Å². The Balaban J connectivity index is 1.89. The van der Waals surface area contributed by atoms with E-state index in [0.29, 0.717) is 6.54 Å². The number of aromatic nitrogens is 1. The quantitative estimate of drug-likeness (QED) is 0.910. The minimum atomic E-state index is -0.00867. The van der Waals surface area contributed by atoms with Crippen molar-refractivity contribution in [2.75, 3.05) is 6.54 Å². The summed E-state index contributed by atoms with van der Waals surface area (Å²) in [6.45, 7) is 4.60. The predicted molar refractivity (Wildman–Crippen MR) is 78.7 cm³/mol. The normalized spacial score (nSPS) is 10.4. The maximum atomic E-state index is 12.0. The molecule has 0 aliphatic heterocycles. The highest BCUT2D eigenvalue weighted by atomic mass is 32.1. The lowest BCUT2D eigenvalue weighted by Crippen LogP contribution is -2.25. The molecule has 0 saturated heterocycles. The fraction of sp³-hybridized carbons (Fsp3) is 0.333. The van der Waals surface area contributed by atoms with Crippen LogP contribution in [0.25, 0.3) is 0 Å². The molecule has 0 spiro atoms. The first kappa shape index (κ1) is 13.7. The van der Waals surface area contributed by atoms with Gasteiger partial charge in [0.2, 0.25) is 0 Å². The second-order valence-electron chi connectivity index (χ2n) is 4.37. The number of hydrogen-bond acceptors (Lipinski definition) is 3. The topological polar surface area (TPSA) is 42.0 Å². The van der Waals surface area contributed by atoms with Crippen LogP contribution in [0.2, 0.25) is 0 Å². The van der Waals surface area contributed by atoms with E-state index in [-0.39, 0.29) is 5.91 Å². The molecule has 0 unspecified atom stereocenters. The van der Waals surface area contributed by atoms with Crippen LogP contribution in [0.5, 0.6) is 0 Å². The van der Waals surface area contributed by atoms with Crippen LogP contribution in [-0.4, -0.2) is 17.4 Å². The van der Waals surface area contributed by atoms with E-state index in [0.717, 1.165) is 28.4 Å². The van der Waals surface area contributed by atoms with Crippen LogP contribution in [-0.2, 0) is 12.8 Å². The number of amides is 1. The fourth-order valence-electron chi connectivity index (χ4n) is 1.86. The molecule has 0 fully saturated rings. The molecule has 1 heterocycles. The molecule has 1 N–H and O–H groups in total. The van der Waals surface area contributed by atoms with Crippen LogP contribution in [0.15, 0.2) is 30.3 Å². The third-order valence-corrected chi connectivity index (χ3v) is 4.19. The Kier molecular flexibility index (Phi) is 4.68. The van der Waals surface area contributed by atoms with Crippen molar-refractivity contribution in [3.05, 3.63) is 51.5 Å². The highest BCUT2D eigenvalue weighted by Gasteiger charge is 2.13. The van der Waals surface area contributed by atoms with E-state index in [1.54, 1.807) is 0 Å². The Morgan fingerprint density at radius 3 is 2.68 bits per heavy atom. The van der Waals surface area contributed by atoms with Crippen LogP contribution in [0.1, 0.15) is 32.9 Å². The Labute approximate surface area is 117 Å². The summed E-state index contributed by atoms with van der Waals surface area (Å²) in [6.07, 6.45) is 1.73. The van der Waals surface area contributed by atoms with E-state index >= 15 is 0 Å². The number of aryl methyl sites for hydroxylation is 2. The minimum absolute atomic E-state index is 0.00867. The molecule has 0 bridgehead atoms. The summed E-state index contributed by atoms with van der Waals surface area (Å²) in [5, 5.41) is 3.98. The molecule has 0 saturated carbocycles. The first-order chi connectivity index (χ1) is 9.20. The van der Waals surface area contributed by atoms with Crippen molar-refractivity contribution >= 4 is 17.2 Å². The molecule has 2 aromatic rings. The molecule has 0 aliphatic carbocycles. The number of thiazole rings is 1. The summed E-state index contributed by atoms with van der Waals surface area (Å²) >= 11 is 1.49. The summed E-state index contributed by atoms with van der Waals surface area (Å²) in [7, 11) is 0. The highest BCUT2D eigenvalue weighted by molar-refractivity contribution is 7.13. The zero-order valence-electron chi connectivity index (χ0n) is 11.3. The van der Waals surface area contributed by atoms with Gasteiger partial charge in [-0.15, -0.1) is 11.3 Å². The molecule has 3 nitrogen and oxygen atoms in total. The van der Waals surface area contributed by atoms with Gasteiger partial charge in [-0.1, -0.05) is 37.3 Å². The Morgan fingerprint density at radius 1 is 1.32 bits per heavy atom. The number of hydrogen-bond donors (Lipinski definition) is 1. The van der Waals surface area contributed by atoms with Gasteiger partial charge in [0, 0.05) is 6.54 Å². The molecule has 19 heavy (non-hydrogen) atoms. The van der Waals surface area contributed by atoms with Gasteiger partial charge >= 0.3 is 0 Å². The molecule has 0 aliphatic rings. The van der Waals surface area contributed by atoms with Gasteiger partial charge in [0.15, 0.2) is 0 Å². The number of carbonyl (C=O) groups excluding carboxylic acids is 1. The Bertz CT molecular complexity index is 549. The Hall–Kier alpha value is -1.68. The number of nitrogens with one attached hydrogen (secondary N) is 1. The number of rotatable bonds is 5. The lowest BCUT2D eigenvalue weighted by molar-refractivity contribution is 0.0957. The second-order valence-corrected chi connectivity index (χ2v) is 5.45. The maximum Gasteiger partial charge on any atom is 0.263 e. The van der Waals surface area contributed by atoms with Crippen molar-refractivity contribution in [2.45, 2.75) is 26.7 Å². The molecule has 0 atom stereocenters. The van der Waals surface area contributed by atoms with Gasteiger partial charge in [-0.2, -0.15) is 0 Å². The molecule has 1 aromatic heterocycles. The third-order valence-electron chi connectivity index (χ3n) is 2.89. The van der Waals surface area contributed by atoms with Crippen molar-refractivity contribution in [3.8, 4) is 0 Å². The zero-order chi connectivity index (χ0) is 13.7. The van der Waals surface area contributed by atoms with E-state index < -0.39 is 0 Å². The van der Waals surface area contributed by atoms with Gasteiger partial charge < -0.3 is 5.32 Å². The van der Waals surface area contributed by atoms with Gasteiger partial charge in [0.05, 0.1) is 10.7 Å². The van der Waals surface area contributed by atoms with E-state index in [9.17, 15) is 4.79 Å². The van der Waals surface area contributed by atoms with Crippen LogP contribution in [0, 0.1) is 6.92 Å². The molecular weight excluding hydrogens is 256 g/mol. The largest absolute Gasteiger partial charge is 0.351 e. The van der Waals surface area contributed by atoms with Crippen molar-refractivity contribution in [2.24, 2.45) is 0 Å². The molecule has 1 aromatic carbocycles. The maximum absolute atomic E-state index is 12.0. The van der Waals surface area contributed by atoms with Gasteiger partial charge in [0.1, 0.15) is 4.88 Å². The molecule has 100 valence electrons. The average Bonchev–Trinajstić information content (AvgIpc) is 2.81. The Morgan fingerprint density at radius 2 is 2.05 bits per heavy atom. The van der Waals surface area contributed by atoms with Gasteiger partial charge in [-0.25, -0.2) is 4.98 Å². The van der Waals surface area contributed by atoms with Crippen LogP contribution < -0.4 is 5.32 Å². The number of carbonyl (C=O) groups is 1. The summed E-state index contributed by atoms with van der Waals surface area (Å²) in [6, 6.07) is 10.2. The zero-order valence-corrected chi connectivity index (χ0v) is 12.1. The van der Waals surface area contributed by atoms with Crippen molar-refractivity contribution in [1.29, 1.82) is 0 Å². The summed E-state index contributed by atoms with van der Waals surface area (Å²) in [5.41, 5.74) is 2.07. The monoisotopic (exact) mass is 274 g/mol. The van der Waals surface area contributed by atoms with E-state index in [1.807, 2.05) is 25.1 Å². The van der Waals surface area contributed by atoms with E-state index in [4.69, 9.17) is 0 Å². The second kappa shape index (κ2) is 6.48. The van der Waals surface area contributed by atoms with Crippen LogP contribution in [0.4, 0.5) is 0 Å². The van der Waals surface area contributed by atoms with Crippen LogP contribution >= 0.6 is 11.3 Å². The van der Waals surface area contributed by atoms with Gasteiger partial charge in [0.25, 0.3) is 5.91 Å². The van der Waals surface area contributed by atoms with E-state index in [2.05, 4.69) is 29.4 Å². The number of nitrogens with zero attached hydrogens (tertiary/aromatic N) is 1. The highest BCUT2D eigenvalue weighted by Crippen LogP contribution is 2.18. The smallest absolute Gasteiger partial charge is 0.263 e. The average molecular weight is 274 g/mol. The predicted octanol–water partition coefficient (Wildman–Crippen LogP) is 2.99. The molecule has 2 rings (SSSR count). The summed E-state index contributed by atoms with van der Waals surface area (Å²) < 4.78 is 0. The minimum Gasteiger partial charge on any atom is -0.351 e. The molecule has 4 heteroatoms. The fourth-order valence-corrected chi connectivity index (χ4v) is 2.78. The van der Waals surface area contributed by atoms with Crippen LogP contribution in [0.3, 0.4) is 0 Å². The SMILES string of the molecule is CCc1nc(C)c(C(=O)NCCc2ccccc2)s1.